The van der Waals surface area contributed by atoms with Crippen LogP contribution in [-0.4, -0.2) is 32.3 Å². The van der Waals surface area contributed by atoms with E-state index >= 15 is 0 Å². The minimum Gasteiger partial charge on any atom is -0.378 e. The Kier molecular flexibility index (Phi) is 10.4. The van der Waals surface area contributed by atoms with Crippen molar-refractivity contribution in [3.8, 4) is 0 Å². The smallest absolute Gasteiger partial charge is 0.0612 e. The van der Waals surface area contributed by atoms with E-state index in [1.54, 1.807) is 5.57 Å². The number of ether oxygens (including phenoxy) is 1. The van der Waals surface area contributed by atoms with Crippen molar-refractivity contribution in [2.24, 2.45) is 46.2 Å². The van der Waals surface area contributed by atoms with E-state index in [1.165, 1.54) is 89.9 Å². The summed E-state index contributed by atoms with van der Waals surface area (Å²) in [5, 5.41) is 3.49. The van der Waals surface area contributed by atoms with E-state index in [-0.39, 0.29) is 0 Å². The molecule has 4 aliphatic carbocycles. The molecule has 36 heavy (non-hydrogen) atoms. The molecule has 0 spiro atoms. The van der Waals surface area contributed by atoms with Gasteiger partial charge in [0, 0.05) is 6.61 Å². The molecule has 0 radical (unpaired) electrons. The number of unbranched alkanes of at least 4 members (excludes halogenated alkanes) is 2. The van der Waals surface area contributed by atoms with Crippen LogP contribution in [0.2, 0.25) is 0 Å². The van der Waals surface area contributed by atoms with Crippen LogP contribution in [0.3, 0.4) is 0 Å². The summed E-state index contributed by atoms with van der Waals surface area (Å²) >= 11 is 0. The number of hydrogen-bond donors (Lipinski definition) is 2. The predicted octanol–water partition coefficient (Wildman–Crippen LogP) is 7.89. The molecule has 7 atom stereocenters. The molecule has 0 saturated heterocycles. The molecule has 3 heteroatoms. The summed E-state index contributed by atoms with van der Waals surface area (Å²) in [6.07, 6.45) is 23.7. The summed E-state index contributed by atoms with van der Waals surface area (Å²) in [5.41, 5.74) is 8.41. The van der Waals surface area contributed by atoms with Crippen molar-refractivity contribution in [2.45, 2.75) is 130 Å². The van der Waals surface area contributed by atoms with E-state index in [4.69, 9.17) is 10.5 Å². The minimum absolute atomic E-state index is 0.451. The van der Waals surface area contributed by atoms with Crippen LogP contribution in [0.15, 0.2) is 11.6 Å². The Labute approximate surface area is 224 Å². The van der Waals surface area contributed by atoms with Gasteiger partial charge in [-0.05, 0) is 137 Å². The van der Waals surface area contributed by atoms with Crippen LogP contribution in [0.1, 0.15) is 124 Å². The van der Waals surface area contributed by atoms with Gasteiger partial charge in [-0.3, -0.25) is 0 Å². The molecule has 0 aromatic heterocycles. The topological polar surface area (TPSA) is 47.3 Å². The van der Waals surface area contributed by atoms with Crippen molar-refractivity contribution in [3.05, 3.63) is 11.6 Å². The van der Waals surface area contributed by atoms with Crippen molar-refractivity contribution in [1.29, 1.82) is 0 Å². The molecule has 0 bridgehead atoms. The van der Waals surface area contributed by atoms with Gasteiger partial charge in [0.2, 0.25) is 0 Å². The van der Waals surface area contributed by atoms with Gasteiger partial charge in [-0.25, -0.2) is 0 Å². The highest BCUT2D eigenvalue weighted by atomic mass is 16.5. The lowest BCUT2D eigenvalue weighted by Crippen LogP contribution is -2.50. The number of fused-ring (bicyclic) bond motifs is 5. The molecular weight excluding hydrogens is 440 g/mol. The molecule has 0 amide bonds. The summed E-state index contributed by atoms with van der Waals surface area (Å²) in [7, 11) is 0. The van der Waals surface area contributed by atoms with Gasteiger partial charge in [0.25, 0.3) is 0 Å². The van der Waals surface area contributed by atoms with E-state index in [2.05, 4.69) is 39.1 Å². The lowest BCUT2D eigenvalue weighted by atomic mass is 9.47. The van der Waals surface area contributed by atoms with Crippen LogP contribution in [0.25, 0.3) is 0 Å². The number of nitrogens with one attached hydrogen (secondary N) is 1. The summed E-state index contributed by atoms with van der Waals surface area (Å²) in [4.78, 5) is 0. The summed E-state index contributed by atoms with van der Waals surface area (Å²) < 4.78 is 6.41. The van der Waals surface area contributed by atoms with Gasteiger partial charge in [-0.2, -0.15) is 0 Å². The number of rotatable bonds is 14. The van der Waals surface area contributed by atoms with Gasteiger partial charge < -0.3 is 15.8 Å². The molecule has 0 aromatic carbocycles. The van der Waals surface area contributed by atoms with E-state index in [9.17, 15) is 0 Å². The largest absolute Gasteiger partial charge is 0.378 e. The summed E-state index contributed by atoms with van der Waals surface area (Å²) in [6.45, 7) is 14.0. The highest BCUT2D eigenvalue weighted by Gasteiger charge is 2.58. The first-order chi connectivity index (χ1) is 17.4. The molecule has 3 N–H and O–H groups in total. The fourth-order valence-corrected chi connectivity index (χ4v) is 9.25. The van der Waals surface area contributed by atoms with Crippen molar-refractivity contribution in [2.75, 3.05) is 26.2 Å². The monoisotopic (exact) mass is 500 g/mol. The molecule has 3 saturated carbocycles. The van der Waals surface area contributed by atoms with E-state index in [0.717, 1.165) is 62.3 Å². The van der Waals surface area contributed by atoms with Crippen LogP contribution in [-0.2, 0) is 4.74 Å². The van der Waals surface area contributed by atoms with Gasteiger partial charge in [0.15, 0.2) is 0 Å². The van der Waals surface area contributed by atoms with Crippen LogP contribution >= 0.6 is 0 Å². The average molecular weight is 501 g/mol. The number of allylic oxidation sites excluding steroid dienone is 1. The minimum atomic E-state index is 0.451. The predicted molar refractivity (Wildman–Crippen MR) is 154 cm³/mol. The molecule has 0 aliphatic heterocycles. The lowest BCUT2D eigenvalue weighted by molar-refractivity contribution is -0.0589. The molecule has 3 fully saturated rings. The van der Waals surface area contributed by atoms with Crippen molar-refractivity contribution in [3.63, 3.8) is 0 Å². The van der Waals surface area contributed by atoms with Crippen LogP contribution < -0.4 is 11.1 Å². The van der Waals surface area contributed by atoms with Crippen LogP contribution in [0.5, 0.6) is 0 Å². The molecule has 0 aromatic rings. The fourth-order valence-electron chi connectivity index (χ4n) is 9.25. The Bertz CT molecular complexity index is 704. The first-order valence-electron chi connectivity index (χ1n) is 16.1. The molecule has 4 rings (SSSR count). The number of nitrogens with two attached hydrogens (primary N) is 1. The Hall–Kier alpha value is -0.380. The number of hydrogen-bond acceptors (Lipinski definition) is 3. The SMILES string of the molecule is CC(C)CCCCC1CCC2C3CC=C4CC(OCCCCNCCCN)CCC4(C)C3CCC12C. The van der Waals surface area contributed by atoms with Gasteiger partial charge in [-0.15, -0.1) is 0 Å². The highest BCUT2D eigenvalue weighted by molar-refractivity contribution is 5.25. The second kappa shape index (κ2) is 13.1. The average Bonchev–Trinajstić information content (AvgIpc) is 3.19. The van der Waals surface area contributed by atoms with Gasteiger partial charge in [0.05, 0.1) is 6.10 Å². The van der Waals surface area contributed by atoms with Crippen molar-refractivity contribution in [1.82, 2.24) is 5.32 Å². The van der Waals surface area contributed by atoms with E-state index in [0.29, 0.717) is 16.9 Å². The molecule has 208 valence electrons. The molecule has 3 nitrogen and oxygen atoms in total. The van der Waals surface area contributed by atoms with Crippen molar-refractivity contribution < 1.29 is 4.74 Å². The van der Waals surface area contributed by atoms with Gasteiger partial charge in [0.1, 0.15) is 0 Å². The van der Waals surface area contributed by atoms with Crippen LogP contribution in [0.4, 0.5) is 0 Å². The second-order valence-corrected chi connectivity index (χ2v) is 14.1. The van der Waals surface area contributed by atoms with Crippen LogP contribution in [0, 0.1) is 40.4 Å². The Morgan fingerprint density at radius 3 is 2.61 bits per heavy atom. The summed E-state index contributed by atoms with van der Waals surface area (Å²) in [5.74, 6) is 4.71. The normalized spacial score (nSPS) is 37.9. The van der Waals surface area contributed by atoms with Gasteiger partial charge in [-0.1, -0.05) is 58.6 Å². The third kappa shape index (κ3) is 6.42. The molecule has 4 aliphatic rings. The first kappa shape index (κ1) is 28.6. The lowest BCUT2D eigenvalue weighted by Gasteiger charge is -2.58. The van der Waals surface area contributed by atoms with E-state index in [1.807, 2.05) is 0 Å². The molecule has 0 heterocycles. The first-order valence-corrected chi connectivity index (χ1v) is 16.1. The second-order valence-electron chi connectivity index (χ2n) is 14.1. The molecular formula is C33H60N2O. The maximum atomic E-state index is 6.41. The zero-order chi connectivity index (χ0) is 25.6. The summed E-state index contributed by atoms with van der Waals surface area (Å²) in [6, 6.07) is 0. The maximum absolute atomic E-state index is 6.41. The molecule has 7 unspecified atom stereocenters. The van der Waals surface area contributed by atoms with E-state index < -0.39 is 0 Å². The van der Waals surface area contributed by atoms with Crippen molar-refractivity contribution >= 4 is 0 Å². The zero-order valence-corrected chi connectivity index (χ0v) is 24.5. The highest BCUT2D eigenvalue weighted by Crippen LogP contribution is 2.66. The third-order valence-electron chi connectivity index (χ3n) is 11.5. The quantitative estimate of drug-likeness (QED) is 0.188. The Morgan fingerprint density at radius 2 is 1.81 bits per heavy atom. The fraction of sp³-hybridized carbons (Fsp3) is 0.939. The Balaban J connectivity index is 1.26. The zero-order valence-electron chi connectivity index (χ0n) is 24.5. The van der Waals surface area contributed by atoms with Gasteiger partial charge >= 0.3 is 0 Å². The maximum Gasteiger partial charge on any atom is 0.0612 e. The third-order valence-corrected chi connectivity index (χ3v) is 11.5. The standard InChI is InChI=1S/C33H60N2O/c1-25(2)10-5-6-11-26-13-15-30-29-14-12-27-24-28(36-23-8-7-21-35-22-9-20-34)16-18-33(27,4)31(29)17-19-32(26,30)3/h12,25-26,28-31,35H,5-11,13-24,34H2,1-4H3. The Morgan fingerprint density at radius 1 is 0.972 bits per heavy atom.